The molecule has 0 heterocycles. The monoisotopic (exact) mass is 143 g/mol. The van der Waals surface area contributed by atoms with E-state index in [-0.39, 0.29) is 5.78 Å². The summed E-state index contributed by atoms with van der Waals surface area (Å²) in [4.78, 5) is 20.6. The average Bonchev–Trinajstić information content (AvgIpc) is 1.97. The van der Waals surface area contributed by atoms with E-state index < -0.39 is 0 Å². The molecule has 0 saturated heterocycles. The fourth-order valence-electron chi connectivity index (χ4n) is 0.644. The van der Waals surface area contributed by atoms with Crippen LogP contribution in [0.3, 0.4) is 0 Å². The lowest BCUT2D eigenvalue weighted by molar-refractivity contribution is -0.120. The Morgan fingerprint density at radius 1 is 1.40 bits per heavy atom. The third-order valence-corrected chi connectivity index (χ3v) is 1.20. The largest absolute Gasteiger partial charge is 0.330 e. The van der Waals surface area contributed by atoms with Crippen LogP contribution in [-0.4, -0.2) is 18.6 Å². The first-order valence-electron chi connectivity index (χ1n) is 3.46. The summed E-state index contributed by atoms with van der Waals surface area (Å²) in [6.07, 6.45) is 2.75. The van der Waals surface area contributed by atoms with Crippen molar-refractivity contribution in [2.45, 2.75) is 25.7 Å². The van der Waals surface area contributed by atoms with Crippen molar-refractivity contribution >= 4 is 12.1 Å². The van der Waals surface area contributed by atoms with Crippen molar-refractivity contribution in [3.63, 3.8) is 0 Å². The molecule has 0 rings (SSSR count). The average molecular weight is 143 g/mol. The minimum absolute atomic E-state index is 0.137. The summed E-state index contributed by atoms with van der Waals surface area (Å²) in [5.41, 5.74) is 5.18. The highest BCUT2D eigenvalue weighted by Crippen LogP contribution is 1.95. The van der Waals surface area contributed by atoms with Crippen LogP contribution in [-0.2, 0) is 9.59 Å². The molecule has 0 amide bonds. The van der Waals surface area contributed by atoms with Gasteiger partial charge in [-0.3, -0.25) is 4.79 Å². The first-order valence-corrected chi connectivity index (χ1v) is 3.46. The van der Waals surface area contributed by atoms with Crippen LogP contribution < -0.4 is 5.73 Å². The molecule has 3 nitrogen and oxygen atoms in total. The standard InChI is InChI=1S/C7H13NO2/c8-5-1-3-7(10)4-2-6-9/h6H,1-5,8H2. The Bertz CT molecular complexity index is 112. The molecule has 0 unspecified atom stereocenters. The third-order valence-electron chi connectivity index (χ3n) is 1.20. The van der Waals surface area contributed by atoms with Gasteiger partial charge in [-0.1, -0.05) is 0 Å². The van der Waals surface area contributed by atoms with Gasteiger partial charge in [0.15, 0.2) is 0 Å². The van der Waals surface area contributed by atoms with E-state index in [9.17, 15) is 9.59 Å². The second kappa shape index (κ2) is 6.42. The molecule has 0 bridgehead atoms. The number of aldehydes is 1. The quantitative estimate of drug-likeness (QED) is 0.543. The van der Waals surface area contributed by atoms with E-state index in [0.717, 1.165) is 12.7 Å². The fraction of sp³-hybridized carbons (Fsp3) is 0.714. The van der Waals surface area contributed by atoms with Crippen molar-refractivity contribution < 1.29 is 9.59 Å². The van der Waals surface area contributed by atoms with Crippen LogP contribution in [0.5, 0.6) is 0 Å². The van der Waals surface area contributed by atoms with E-state index in [1.54, 1.807) is 0 Å². The zero-order valence-corrected chi connectivity index (χ0v) is 6.01. The molecule has 2 N–H and O–H groups in total. The second-order valence-electron chi connectivity index (χ2n) is 2.14. The maximum atomic E-state index is 10.7. The lowest BCUT2D eigenvalue weighted by atomic mass is 10.1. The van der Waals surface area contributed by atoms with Crippen molar-refractivity contribution in [1.82, 2.24) is 0 Å². The van der Waals surface area contributed by atoms with Gasteiger partial charge in [0.25, 0.3) is 0 Å². The fourth-order valence-corrected chi connectivity index (χ4v) is 0.644. The van der Waals surface area contributed by atoms with Crippen molar-refractivity contribution in [2.75, 3.05) is 6.54 Å². The molecule has 10 heavy (non-hydrogen) atoms. The van der Waals surface area contributed by atoms with Crippen LogP contribution in [0.2, 0.25) is 0 Å². The summed E-state index contributed by atoms with van der Waals surface area (Å²) in [7, 11) is 0. The van der Waals surface area contributed by atoms with Crippen molar-refractivity contribution in [1.29, 1.82) is 0 Å². The maximum absolute atomic E-state index is 10.7. The van der Waals surface area contributed by atoms with Gasteiger partial charge in [-0.2, -0.15) is 0 Å². The number of Topliss-reactive ketones (excluding diaryl/α,β-unsaturated/α-hetero) is 1. The molecule has 0 fully saturated rings. The molecule has 0 aromatic heterocycles. The van der Waals surface area contributed by atoms with Crippen molar-refractivity contribution in [3.05, 3.63) is 0 Å². The summed E-state index contributed by atoms with van der Waals surface area (Å²) in [6.45, 7) is 0.548. The predicted molar refractivity (Wildman–Crippen MR) is 38.6 cm³/mol. The van der Waals surface area contributed by atoms with Gasteiger partial charge in [0.2, 0.25) is 0 Å². The highest BCUT2D eigenvalue weighted by atomic mass is 16.1. The molecule has 0 aromatic rings. The van der Waals surface area contributed by atoms with Crippen LogP contribution in [0.1, 0.15) is 25.7 Å². The zero-order chi connectivity index (χ0) is 7.82. The molecule has 3 heteroatoms. The molecule has 0 spiro atoms. The molecule has 0 atom stereocenters. The topological polar surface area (TPSA) is 60.2 Å². The summed E-state index contributed by atoms with van der Waals surface area (Å²) in [5, 5.41) is 0. The highest BCUT2D eigenvalue weighted by Gasteiger charge is 1.98. The third kappa shape index (κ3) is 5.44. The molecule has 0 aromatic carbocycles. The minimum atomic E-state index is 0.137. The Balaban J connectivity index is 3.16. The summed E-state index contributed by atoms with van der Waals surface area (Å²) in [6, 6.07) is 0. The van der Waals surface area contributed by atoms with Gasteiger partial charge in [0.1, 0.15) is 12.1 Å². The van der Waals surface area contributed by atoms with Gasteiger partial charge in [0, 0.05) is 19.3 Å². The molecular weight excluding hydrogens is 130 g/mol. The number of hydrogen-bond donors (Lipinski definition) is 1. The zero-order valence-electron chi connectivity index (χ0n) is 6.01. The van der Waals surface area contributed by atoms with E-state index in [2.05, 4.69) is 0 Å². The second-order valence-corrected chi connectivity index (χ2v) is 2.14. The molecule has 0 aliphatic rings. The number of ketones is 1. The van der Waals surface area contributed by atoms with Crippen molar-refractivity contribution in [3.8, 4) is 0 Å². The van der Waals surface area contributed by atoms with Gasteiger partial charge in [-0.15, -0.1) is 0 Å². The Hall–Kier alpha value is -0.700. The van der Waals surface area contributed by atoms with Crippen LogP contribution in [0.15, 0.2) is 0 Å². The first kappa shape index (κ1) is 9.30. The van der Waals surface area contributed by atoms with Crippen LogP contribution in [0.25, 0.3) is 0 Å². The number of nitrogens with two attached hydrogens (primary N) is 1. The first-order chi connectivity index (χ1) is 4.81. The van der Waals surface area contributed by atoms with Gasteiger partial charge < -0.3 is 10.5 Å². The molecule has 0 saturated carbocycles. The lowest BCUT2D eigenvalue weighted by Crippen LogP contribution is -2.04. The molecule has 0 aliphatic carbocycles. The molecule has 58 valence electrons. The molecule has 0 aliphatic heterocycles. The van der Waals surface area contributed by atoms with E-state index in [4.69, 9.17) is 5.73 Å². The van der Waals surface area contributed by atoms with Gasteiger partial charge in [0.05, 0.1) is 0 Å². The Kier molecular flexibility index (Phi) is 5.97. The van der Waals surface area contributed by atoms with Crippen LogP contribution in [0, 0.1) is 0 Å². The summed E-state index contributed by atoms with van der Waals surface area (Å²) in [5.74, 6) is 0.137. The SMILES string of the molecule is NCCCC(=O)CCC=O. The lowest BCUT2D eigenvalue weighted by Gasteiger charge is -1.93. The molecule has 0 radical (unpaired) electrons. The van der Waals surface area contributed by atoms with E-state index >= 15 is 0 Å². The van der Waals surface area contributed by atoms with Gasteiger partial charge in [-0.05, 0) is 13.0 Å². The predicted octanol–water partition coefficient (Wildman–Crippen LogP) is 0.273. The minimum Gasteiger partial charge on any atom is -0.330 e. The normalized spacial score (nSPS) is 9.30. The Morgan fingerprint density at radius 3 is 2.60 bits per heavy atom. The Morgan fingerprint density at radius 2 is 2.10 bits per heavy atom. The smallest absolute Gasteiger partial charge is 0.133 e. The Labute approximate surface area is 60.6 Å². The summed E-state index contributed by atoms with van der Waals surface area (Å²) >= 11 is 0. The van der Waals surface area contributed by atoms with Gasteiger partial charge >= 0.3 is 0 Å². The number of carbonyl (C=O) groups excluding carboxylic acids is 2. The number of rotatable bonds is 6. The maximum Gasteiger partial charge on any atom is 0.133 e. The van der Waals surface area contributed by atoms with Crippen LogP contribution in [0.4, 0.5) is 0 Å². The van der Waals surface area contributed by atoms with E-state index in [1.807, 2.05) is 0 Å². The van der Waals surface area contributed by atoms with Crippen LogP contribution >= 0.6 is 0 Å². The summed E-state index contributed by atoms with van der Waals surface area (Å²) < 4.78 is 0. The van der Waals surface area contributed by atoms with E-state index in [1.165, 1.54) is 0 Å². The number of hydrogen-bond acceptors (Lipinski definition) is 3. The van der Waals surface area contributed by atoms with E-state index in [0.29, 0.717) is 25.8 Å². The highest BCUT2D eigenvalue weighted by molar-refractivity contribution is 5.80. The van der Waals surface area contributed by atoms with Crippen molar-refractivity contribution in [2.24, 2.45) is 5.73 Å². The van der Waals surface area contributed by atoms with Gasteiger partial charge in [-0.25, -0.2) is 0 Å². The number of carbonyl (C=O) groups is 2. The molecular formula is C7H13NO2.